The predicted octanol–water partition coefficient (Wildman–Crippen LogP) is 5.20. The van der Waals surface area contributed by atoms with E-state index in [2.05, 4.69) is 22.4 Å². The van der Waals surface area contributed by atoms with Crippen LogP contribution in [0.25, 0.3) is 0 Å². The summed E-state index contributed by atoms with van der Waals surface area (Å²) in [4.78, 5) is 4.38. The molecular weight excluding hydrogens is 462 g/mol. The zero-order chi connectivity index (χ0) is 26.2. The highest BCUT2D eigenvalue weighted by atomic mass is 35.5. The number of aromatic nitrogens is 1. The molecule has 3 aromatic rings. The van der Waals surface area contributed by atoms with E-state index < -0.39 is 0 Å². The molecule has 35 heavy (non-hydrogen) atoms. The lowest BCUT2D eigenvalue weighted by molar-refractivity contribution is 0.393. The van der Waals surface area contributed by atoms with Crippen molar-refractivity contribution in [2.45, 2.75) is 47.0 Å². The van der Waals surface area contributed by atoms with Crippen molar-refractivity contribution in [3.05, 3.63) is 87.7 Å². The van der Waals surface area contributed by atoms with Crippen LogP contribution in [0.2, 0.25) is 5.02 Å². The van der Waals surface area contributed by atoms with Crippen LogP contribution in [-0.2, 0) is 19.3 Å². The van der Waals surface area contributed by atoms with Gasteiger partial charge in [0.25, 0.3) is 0 Å². The number of hydrogen-bond acceptors (Lipinski definition) is 6. The minimum Gasteiger partial charge on any atom is -0.497 e. The number of methoxy groups -OCH3 is 2. The van der Waals surface area contributed by atoms with E-state index in [-0.39, 0.29) is 0 Å². The fourth-order valence-corrected chi connectivity index (χ4v) is 3.33. The van der Waals surface area contributed by atoms with Crippen molar-refractivity contribution < 1.29 is 9.47 Å². The third-order valence-electron chi connectivity index (χ3n) is 5.21. The molecule has 0 aliphatic carbocycles. The summed E-state index contributed by atoms with van der Waals surface area (Å²) in [5.74, 6) is 12.7. The Balaban J connectivity index is 0.000000372. The van der Waals surface area contributed by atoms with Crippen LogP contribution in [-0.4, -0.2) is 25.0 Å². The van der Waals surface area contributed by atoms with Gasteiger partial charge in [-0.2, -0.15) is 5.10 Å². The zero-order valence-electron chi connectivity index (χ0n) is 21.6. The van der Waals surface area contributed by atoms with Gasteiger partial charge in [-0.05, 0) is 61.1 Å². The highest BCUT2D eigenvalue weighted by molar-refractivity contribution is 6.31. The van der Waals surface area contributed by atoms with Crippen LogP contribution >= 0.6 is 11.6 Å². The zero-order valence-corrected chi connectivity index (χ0v) is 22.3. The number of nitrogens with two attached hydrogens (primary N) is 2. The van der Waals surface area contributed by atoms with Crippen molar-refractivity contribution in [1.82, 2.24) is 10.4 Å². The van der Waals surface area contributed by atoms with Gasteiger partial charge < -0.3 is 20.7 Å². The van der Waals surface area contributed by atoms with Gasteiger partial charge in [-0.1, -0.05) is 56.6 Å². The minimum absolute atomic E-state index is 0.453. The molecule has 0 fully saturated rings. The lowest BCUT2D eigenvalue weighted by Gasteiger charge is -2.08. The smallest absolute Gasteiger partial charge is 0.166 e. The second-order valence-corrected chi connectivity index (χ2v) is 7.67. The Hall–Kier alpha value is -3.29. The normalized spacial score (nSPS) is 10.3. The number of aryl methyl sites for hydroxylation is 3. The number of hydrogen-bond donors (Lipinski definition) is 3. The maximum absolute atomic E-state index is 6.10. The molecule has 0 saturated carbocycles. The van der Waals surface area contributed by atoms with Crippen LogP contribution in [0.15, 0.2) is 59.8 Å². The monoisotopic (exact) mass is 499 g/mol. The first-order chi connectivity index (χ1) is 16.9. The van der Waals surface area contributed by atoms with Gasteiger partial charge in [-0.3, -0.25) is 4.98 Å². The first kappa shape index (κ1) is 29.7. The van der Waals surface area contributed by atoms with E-state index in [4.69, 9.17) is 32.8 Å². The summed E-state index contributed by atoms with van der Waals surface area (Å²) in [5, 5.41) is 4.33. The Labute approximate surface area is 214 Å². The molecule has 0 aliphatic rings. The van der Waals surface area contributed by atoms with Crippen molar-refractivity contribution in [2.24, 2.45) is 16.8 Å². The number of hydrazine groups is 1. The highest BCUT2D eigenvalue weighted by Crippen LogP contribution is 2.22. The number of nitrogens with zero attached hydrogens (tertiary/aromatic N) is 2. The molecule has 0 atom stereocenters. The summed E-state index contributed by atoms with van der Waals surface area (Å²) in [6.45, 7) is 8.10. The molecule has 0 spiro atoms. The molecule has 0 amide bonds. The summed E-state index contributed by atoms with van der Waals surface area (Å²) in [7, 11) is 3.32. The predicted molar refractivity (Wildman–Crippen MR) is 146 cm³/mol. The third kappa shape index (κ3) is 9.47. The van der Waals surface area contributed by atoms with E-state index in [0.717, 1.165) is 52.6 Å². The molecule has 2 aromatic carbocycles. The lowest BCUT2D eigenvalue weighted by Crippen LogP contribution is -2.31. The topological polar surface area (TPSA) is 108 Å². The van der Waals surface area contributed by atoms with Crippen LogP contribution < -0.4 is 26.6 Å². The van der Waals surface area contributed by atoms with Crippen molar-refractivity contribution >= 4 is 17.4 Å². The number of nitrogens with one attached hydrogen (secondary N) is 1. The molecule has 7 nitrogen and oxygen atoms in total. The SMILES string of the molecule is CC.CCc1cc(OC)cc(OC)c1.Cc1c(Cl)ccnc1CCc1ccc(/C(=N/N)NN)cc1. The molecule has 0 aliphatic heterocycles. The second-order valence-electron chi connectivity index (χ2n) is 7.26. The third-order valence-corrected chi connectivity index (χ3v) is 5.61. The van der Waals surface area contributed by atoms with Gasteiger partial charge in [0.05, 0.1) is 14.2 Å². The van der Waals surface area contributed by atoms with Crippen LogP contribution in [0, 0.1) is 6.92 Å². The Morgan fingerprint density at radius 2 is 1.57 bits per heavy atom. The van der Waals surface area contributed by atoms with E-state index >= 15 is 0 Å². The molecule has 3 rings (SSSR count). The second kappa shape index (κ2) is 16.4. The molecule has 5 N–H and O–H groups in total. The molecule has 190 valence electrons. The first-order valence-electron chi connectivity index (χ1n) is 11.6. The molecule has 8 heteroatoms. The summed E-state index contributed by atoms with van der Waals surface area (Å²) in [6, 6.07) is 15.6. The van der Waals surface area contributed by atoms with Crippen molar-refractivity contribution in [1.29, 1.82) is 0 Å². The quantitative estimate of drug-likeness (QED) is 0.178. The number of benzene rings is 2. The van der Waals surface area contributed by atoms with E-state index in [1.807, 2.05) is 69.3 Å². The Kier molecular flexibility index (Phi) is 13.9. The van der Waals surface area contributed by atoms with Gasteiger partial charge in [0.2, 0.25) is 0 Å². The Morgan fingerprint density at radius 3 is 2.06 bits per heavy atom. The van der Waals surface area contributed by atoms with Gasteiger partial charge in [0, 0.05) is 28.5 Å². The summed E-state index contributed by atoms with van der Waals surface area (Å²) in [5.41, 5.74) is 7.81. The lowest BCUT2D eigenvalue weighted by atomic mass is 10.0. The molecule has 0 radical (unpaired) electrons. The van der Waals surface area contributed by atoms with Gasteiger partial charge in [0.1, 0.15) is 11.5 Å². The summed E-state index contributed by atoms with van der Waals surface area (Å²) in [6.07, 6.45) is 4.47. The molecule has 0 saturated heterocycles. The average Bonchev–Trinajstić information content (AvgIpc) is 2.92. The van der Waals surface area contributed by atoms with Crippen LogP contribution in [0.4, 0.5) is 0 Å². The molecule has 0 unspecified atom stereocenters. The summed E-state index contributed by atoms with van der Waals surface area (Å²) >= 11 is 6.10. The van der Waals surface area contributed by atoms with Gasteiger partial charge in [-0.15, -0.1) is 0 Å². The molecule has 1 heterocycles. The minimum atomic E-state index is 0.453. The molecule has 0 bridgehead atoms. The maximum Gasteiger partial charge on any atom is 0.166 e. The number of pyridine rings is 1. The highest BCUT2D eigenvalue weighted by Gasteiger charge is 2.05. The average molecular weight is 500 g/mol. The first-order valence-corrected chi connectivity index (χ1v) is 12.0. The maximum atomic E-state index is 6.10. The molecule has 1 aromatic heterocycles. The number of amidine groups is 1. The van der Waals surface area contributed by atoms with Gasteiger partial charge in [-0.25, -0.2) is 5.84 Å². The van der Waals surface area contributed by atoms with Crippen LogP contribution in [0.5, 0.6) is 11.5 Å². The van der Waals surface area contributed by atoms with Crippen molar-refractivity contribution in [3.63, 3.8) is 0 Å². The van der Waals surface area contributed by atoms with Crippen LogP contribution in [0.1, 0.15) is 48.7 Å². The Bertz CT molecular complexity index is 1000. The number of rotatable bonds is 7. The van der Waals surface area contributed by atoms with Crippen molar-refractivity contribution in [3.8, 4) is 11.5 Å². The van der Waals surface area contributed by atoms with Gasteiger partial charge in [0.15, 0.2) is 5.84 Å². The number of halogens is 1. The fraction of sp³-hybridized carbons (Fsp3) is 0.333. The summed E-state index contributed by atoms with van der Waals surface area (Å²) < 4.78 is 10.2. The molecular formula is C27H38ClN5O2. The van der Waals surface area contributed by atoms with Crippen molar-refractivity contribution in [2.75, 3.05) is 14.2 Å². The largest absolute Gasteiger partial charge is 0.497 e. The standard InChI is InChI=1S/C15H18ClN5.C10H14O2.C2H6/c1-10-13(16)8-9-19-14(10)7-4-11-2-5-12(6-3-11)15(20-17)21-18;1-4-8-5-9(11-2)7-10(6-8)12-3;1-2/h2-3,5-6,8-9H,4,7,17-18H2,1H3,(H,20,21);5-7H,4H2,1-3H3;1-2H3. The Morgan fingerprint density at radius 1 is 0.971 bits per heavy atom. The van der Waals surface area contributed by atoms with E-state index in [1.165, 1.54) is 11.1 Å². The van der Waals surface area contributed by atoms with Crippen LogP contribution in [0.3, 0.4) is 0 Å². The van der Waals surface area contributed by atoms with E-state index in [0.29, 0.717) is 5.84 Å². The fourth-order valence-electron chi connectivity index (χ4n) is 3.16. The van der Waals surface area contributed by atoms with Gasteiger partial charge >= 0.3 is 0 Å². The van der Waals surface area contributed by atoms with E-state index in [1.54, 1.807) is 20.4 Å². The number of hydrazone groups is 1. The number of ether oxygens (including phenoxy) is 2. The van der Waals surface area contributed by atoms with E-state index in [9.17, 15) is 0 Å².